The molecule has 0 radical (unpaired) electrons. The van der Waals surface area contributed by atoms with E-state index in [1.807, 2.05) is 45.2 Å². The molecule has 2 N–H and O–H groups in total. The number of ether oxygens (including phenoxy) is 1. The molecule has 1 aromatic rings. The lowest BCUT2D eigenvalue weighted by Gasteiger charge is -2.20. The molecule has 0 aliphatic rings. The Morgan fingerprint density at radius 2 is 2.00 bits per heavy atom. The van der Waals surface area contributed by atoms with E-state index in [9.17, 15) is 4.79 Å². The van der Waals surface area contributed by atoms with Gasteiger partial charge in [0, 0.05) is 11.4 Å². The third-order valence-corrected chi connectivity index (χ3v) is 2.90. The number of hydrazine groups is 1. The average molecular weight is 268 g/mol. The number of thioether (sulfide) groups is 1. The van der Waals surface area contributed by atoms with Gasteiger partial charge in [0.1, 0.15) is 5.60 Å². The fourth-order valence-corrected chi connectivity index (χ4v) is 1.98. The van der Waals surface area contributed by atoms with Crippen molar-refractivity contribution in [1.82, 2.24) is 10.9 Å². The van der Waals surface area contributed by atoms with Crippen molar-refractivity contribution < 1.29 is 9.53 Å². The summed E-state index contributed by atoms with van der Waals surface area (Å²) in [6, 6.07) is 8.05. The molecule has 1 rings (SSSR count). The molecule has 4 nitrogen and oxygen atoms in total. The number of hydrogen-bond donors (Lipinski definition) is 2. The summed E-state index contributed by atoms with van der Waals surface area (Å²) in [5, 5.41) is 0. The van der Waals surface area contributed by atoms with Crippen LogP contribution in [-0.2, 0) is 11.3 Å². The van der Waals surface area contributed by atoms with Gasteiger partial charge in [0.05, 0.1) is 0 Å². The van der Waals surface area contributed by atoms with E-state index in [1.54, 1.807) is 11.8 Å². The summed E-state index contributed by atoms with van der Waals surface area (Å²) in [6.07, 6.45) is 1.56. The number of hydrogen-bond acceptors (Lipinski definition) is 4. The zero-order valence-corrected chi connectivity index (χ0v) is 12.1. The predicted octanol–water partition coefficient (Wildman–Crippen LogP) is 2.94. The monoisotopic (exact) mass is 268 g/mol. The summed E-state index contributed by atoms with van der Waals surface area (Å²) in [4.78, 5) is 12.6. The van der Waals surface area contributed by atoms with Gasteiger partial charge in [0.25, 0.3) is 0 Å². The van der Waals surface area contributed by atoms with Gasteiger partial charge >= 0.3 is 6.09 Å². The first-order valence-corrected chi connectivity index (χ1v) is 6.98. The van der Waals surface area contributed by atoms with Crippen LogP contribution < -0.4 is 10.9 Å². The van der Waals surface area contributed by atoms with Crippen molar-refractivity contribution in [3.63, 3.8) is 0 Å². The maximum Gasteiger partial charge on any atom is 0.422 e. The van der Waals surface area contributed by atoms with Crippen LogP contribution in [0.4, 0.5) is 4.79 Å². The highest BCUT2D eigenvalue weighted by Gasteiger charge is 2.15. The first-order valence-electron chi connectivity index (χ1n) is 5.76. The maximum atomic E-state index is 11.4. The van der Waals surface area contributed by atoms with Crippen LogP contribution >= 0.6 is 11.8 Å². The van der Waals surface area contributed by atoms with Gasteiger partial charge in [0.2, 0.25) is 0 Å². The summed E-state index contributed by atoms with van der Waals surface area (Å²) in [5.41, 5.74) is 6.04. The normalized spacial score (nSPS) is 11.1. The van der Waals surface area contributed by atoms with E-state index in [0.717, 1.165) is 5.56 Å². The second-order valence-electron chi connectivity index (χ2n) is 4.79. The highest BCUT2D eigenvalue weighted by atomic mass is 32.2. The van der Waals surface area contributed by atoms with Crippen molar-refractivity contribution >= 4 is 17.9 Å². The molecule has 0 spiro atoms. The number of carbonyl (C=O) groups is 1. The smallest absolute Gasteiger partial charge is 0.422 e. The molecule has 0 aliphatic carbocycles. The maximum absolute atomic E-state index is 11.4. The number of carbonyl (C=O) groups excluding carboxylic acids is 1. The van der Waals surface area contributed by atoms with E-state index in [-0.39, 0.29) is 0 Å². The average Bonchev–Trinajstić information content (AvgIpc) is 2.27. The Hall–Kier alpha value is -1.20. The van der Waals surface area contributed by atoms with Crippen LogP contribution in [0.1, 0.15) is 26.3 Å². The van der Waals surface area contributed by atoms with Crippen molar-refractivity contribution in [2.24, 2.45) is 0 Å². The Morgan fingerprint density at radius 3 is 2.61 bits per heavy atom. The van der Waals surface area contributed by atoms with E-state index in [1.165, 1.54) is 4.90 Å². The van der Waals surface area contributed by atoms with Gasteiger partial charge in [0.15, 0.2) is 0 Å². The minimum Gasteiger partial charge on any atom is -0.443 e. The minimum absolute atomic E-state index is 0.468. The zero-order valence-electron chi connectivity index (χ0n) is 11.2. The van der Waals surface area contributed by atoms with Crippen LogP contribution in [0, 0.1) is 0 Å². The SMILES string of the molecule is CSc1ccccc1CNNC(=O)OC(C)(C)C. The van der Waals surface area contributed by atoms with Crippen LogP contribution in [0.3, 0.4) is 0 Å². The summed E-state index contributed by atoms with van der Waals surface area (Å²) in [5.74, 6) is 0. The van der Waals surface area contributed by atoms with Gasteiger partial charge in [-0.15, -0.1) is 11.8 Å². The van der Waals surface area contributed by atoms with E-state index in [2.05, 4.69) is 16.9 Å². The van der Waals surface area contributed by atoms with Crippen LogP contribution in [0.5, 0.6) is 0 Å². The molecule has 1 aromatic carbocycles. The number of benzene rings is 1. The van der Waals surface area contributed by atoms with Gasteiger partial charge in [-0.25, -0.2) is 10.2 Å². The summed E-state index contributed by atoms with van der Waals surface area (Å²) in [7, 11) is 0. The Bertz CT molecular complexity index is 402. The number of rotatable bonds is 4. The quantitative estimate of drug-likeness (QED) is 0.651. The lowest BCUT2D eigenvalue weighted by Crippen LogP contribution is -2.40. The highest BCUT2D eigenvalue weighted by molar-refractivity contribution is 7.98. The van der Waals surface area contributed by atoms with Crippen molar-refractivity contribution in [2.75, 3.05) is 6.26 Å². The van der Waals surface area contributed by atoms with Crippen LogP contribution in [0.25, 0.3) is 0 Å². The molecular formula is C13H20N2O2S. The van der Waals surface area contributed by atoms with Crippen LogP contribution in [0.2, 0.25) is 0 Å². The van der Waals surface area contributed by atoms with Crippen molar-refractivity contribution in [3.05, 3.63) is 29.8 Å². The van der Waals surface area contributed by atoms with Crippen molar-refractivity contribution in [2.45, 2.75) is 37.8 Å². The van der Waals surface area contributed by atoms with Gasteiger partial charge in [-0.1, -0.05) is 18.2 Å². The molecule has 0 fully saturated rings. The van der Waals surface area contributed by atoms with Crippen molar-refractivity contribution in [3.8, 4) is 0 Å². The molecule has 1 amide bonds. The molecule has 0 bridgehead atoms. The molecular weight excluding hydrogens is 248 g/mol. The molecule has 100 valence electrons. The molecule has 5 heteroatoms. The Balaban J connectivity index is 2.40. The zero-order chi connectivity index (χ0) is 13.6. The molecule has 0 aliphatic heterocycles. The third kappa shape index (κ3) is 5.42. The van der Waals surface area contributed by atoms with Crippen LogP contribution in [-0.4, -0.2) is 18.0 Å². The van der Waals surface area contributed by atoms with E-state index < -0.39 is 11.7 Å². The van der Waals surface area contributed by atoms with E-state index in [4.69, 9.17) is 4.74 Å². The fraction of sp³-hybridized carbons (Fsp3) is 0.462. The third-order valence-electron chi connectivity index (χ3n) is 2.06. The first kappa shape index (κ1) is 14.9. The molecule has 0 aromatic heterocycles. The molecule has 0 heterocycles. The predicted molar refractivity (Wildman–Crippen MR) is 74.4 cm³/mol. The lowest BCUT2D eigenvalue weighted by molar-refractivity contribution is 0.0497. The number of amides is 1. The van der Waals surface area contributed by atoms with E-state index in [0.29, 0.717) is 6.54 Å². The largest absolute Gasteiger partial charge is 0.443 e. The molecule has 0 saturated heterocycles. The molecule has 18 heavy (non-hydrogen) atoms. The van der Waals surface area contributed by atoms with Gasteiger partial charge < -0.3 is 4.74 Å². The van der Waals surface area contributed by atoms with Crippen LogP contribution in [0.15, 0.2) is 29.2 Å². The Morgan fingerprint density at radius 1 is 1.33 bits per heavy atom. The van der Waals surface area contributed by atoms with Crippen molar-refractivity contribution in [1.29, 1.82) is 0 Å². The topological polar surface area (TPSA) is 50.4 Å². The minimum atomic E-state index is -0.483. The molecule has 0 atom stereocenters. The van der Waals surface area contributed by atoms with Gasteiger partial charge in [-0.3, -0.25) is 5.43 Å². The Kier molecular flexibility index (Phi) is 5.50. The molecule has 0 unspecified atom stereocenters. The summed E-state index contributed by atoms with van der Waals surface area (Å²) < 4.78 is 5.11. The summed E-state index contributed by atoms with van der Waals surface area (Å²) in [6.45, 7) is 6.05. The highest BCUT2D eigenvalue weighted by Crippen LogP contribution is 2.19. The number of nitrogens with one attached hydrogen (secondary N) is 2. The molecule has 0 saturated carbocycles. The van der Waals surface area contributed by atoms with Gasteiger partial charge in [-0.2, -0.15) is 0 Å². The lowest BCUT2D eigenvalue weighted by atomic mass is 10.2. The summed E-state index contributed by atoms with van der Waals surface area (Å²) >= 11 is 1.68. The van der Waals surface area contributed by atoms with E-state index >= 15 is 0 Å². The Labute approximate surface area is 112 Å². The first-order chi connectivity index (χ1) is 8.42. The second-order valence-corrected chi connectivity index (χ2v) is 5.64. The standard InChI is InChI=1S/C13H20N2O2S/c1-13(2,3)17-12(16)15-14-9-10-7-5-6-8-11(10)18-4/h5-8,14H,9H2,1-4H3,(H,15,16). The second kappa shape index (κ2) is 6.66. The fourth-order valence-electron chi connectivity index (χ4n) is 1.36. The van der Waals surface area contributed by atoms with Gasteiger partial charge in [-0.05, 0) is 38.7 Å².